The molecule has 0 spiro atoms. The van der Waals surface area contributed by atoms with Crippen molar-refractivity contribution in [3.8, 4) is 0 Å². The zero-order valence-electron chi connectivity index (χ0n) is 11.5. The summed E-state index contributed by atoms with van der Waals surface area (Å²) in [6, 6.07) is -0.102. The summed E-state index contributed by atoms with van der Waals surface area (Å²) < 4.78 is 1.71. The van der Waals surface area contributed by atoms with Gasteiger partial charge in [-0.15, -0.1) is 0 Å². The molecule has 0 saturated heterocycles. The molecule has 0 aromatic carbocycles. The molecule has 1 unspecified atom stereocenters. The Morgan fingerprint density at radius 1 is 1.70 bits per heavy atom. The summed E-state index contributed by atoms with van der Waals surface area (Å²) in [7, 11) is 1.84. The van der Waals surface area contributed by atoms with Crippen LogP contribution < -0.4 is 10.6 Å². The Morgan fingerprint density at radius 2 is 2.45 bits per heavy atom. The second-order valence-corrected chi connectivity index (χ2v) is 5.21. The van der Waals surface area contributed by atoms with Gasteiger partial charge in [-0.2, -0.15) is 5.10 Å². The fourth-order valence-corrected chi connectivity index (χ4v) is 2.09. The van der Waals surface area contributed by atoms with E-state index in [4.69, 9.17) is 11.6 Å². The first kappa shape index (κ1) is 14.4. The number of halogens is 1. The van der Waals surface area contributed by atoms with E-state index in [9.17, 15) is 4.79 Å². The predicted molar refractivity (Wildman–Crippen MR) is 78.9 cm³/mol. The topological polar surface area (TPSA) is 59.0 Å². The van der Waals surface area contributed by atoms with Crippen molar-refractivity contribution in [1.82, 2.24) is 20.4 Å². The third kappa shape index (κ3) is 3.51. The van der Waals surface area contributed by atoms with Crippen LogP contribution in [-0.2, 0) is 11.8 Å². The molecule has 5 nitrogen and oxygen atoms in total. The molecule has 1 aromatic heterocycles. The Hall–Kier alpha value is -2.01. The minimum Gasteiger partial charge on any atom is -0.377 e. The summed E-state index contributed by atoms with van der Waals surface area (Å²) in [6.45, 7) is 6.10. The van der Waals surface area contributed by atoms with Crippen LogP contribution in [0.2, 0.25) is 0 Å². The van der Waals surface area contributed by atoms with Gasteiger partial charge in [-0.25, -0.2) is 0 Å². The molecule has 1 amide bonds. The van der Waals surface area contributed by atoms with E-state index in [1.807, 2.05) is 20.2 Å². The molecule has 106 valence electrons. The van der Waals surface area contributed by atoms with Gasteiger partial charge >= 0.3 is 0 Å². The van der Waals surface area contributed by atoms with Crippen molar-refractivity contribution in [1.29, 1.82) is 0 Å². The maximum Gasteiger partial charge on any atom is 0.267 e. The fraction of sp³-hybridized carbons (Fsp3) is 0.286. The number of rotatable bonds is 4. The summed E-state index contributed by atoms with van der Waals surface area (Å²) >= 11 is 5.71. The SMILES string of the molecule is C=C(Cl)/C=C1/C=C(C(=O)NC(C)c2cnn(C)c2)NC1. The van der Waals surface area contributed by atoms with Crippen molar-refractivity contribution in [3.05, 3.63) is 53.0 Å². The molecule has 1 aliphatic heterocycles. The Balaban J connectivity index is 2.01. The van der Waals surface area contributed by atoms with Gasteiger partial charge in [0.15, 0.2) is 0 Å². The third-order valence-corrected chi connectivity index (χ3v) is 3.08. The van der Waals surface area contributed by atoms with Crippen LogP contribution in [0.25, 0.3) is 0 Å². The number of carbonyl (C=O) groups is 1. The van der Waals surface area contributed by atoms with E-state index < -0.39 is 0 Å². The smallest absolute Gasteiger partial charge is 0.267 e. The molecule has 0 radical (unpaired) electrons. The zero-order valence-corrected chi connectivity index (χ0v) is 12.2. The Morgan fingerprint density at radius 3 is 3.05 bits per heavy atom. The van der Waals surface area contributed by atoms with Gasteiger partial charge in [0.1, 0.15) is 5.70 Å². The Kier molecular flexibility index (Phi) is 4.29. The van der Waals surface area contributed by atoms with E-state index >= 15 is 0 Å². The van der Waals surface area contributed by atoms with Gasteiger partial charge in [0, 0.05) is 30.4 Å². The first-order valence-corrected chi connectivity index (χ1v) is 6.63. The van der Waals surface area contributed by atoms with Crippen LogP contribution >= 0.6 is 11.6 Å². The van der Waals surface area contributed by atoms with Crippen LogP contribution in [0.3, 0.4) is 0 Å². The van der Waals surface area contributed by atoms with Crippen LogP contribution in [0.5, 0.6) is 0 Å². The zero-order chi connectivity index (χ0) is 14.7. The molecule has 1 aromatic rings. The lowest BCUT2D eigenvalue weighted by molar-refractivity contribution is -0.118. The van der Waals surface area contributed by atoms with Crippen LogP contribution in [0.15, 0.2) is 47.4 Å². The predicted octanol–water partition coefficient (Wildman–Crippen LogP) is 1.76. The van der Waals surface area contributed by atoms with Gasteiger partial charge in [-0.05, 0) is 24.6 Å². The largest absolute Gasteiger partial charge is 0.377 e. The minimum atomic E-state index is -0.148. The van der Waals surface area contributed by atoms with E-state index in [2.05, 4.69) is 22.3 Å². The van der Waals surface area contributed by atoms with Crippen molar-refractivity contribution in [2.75, 3.05) is 6.54 Å². The number of aryl methyl sites for hydroxylation is 1. The van der Waals surface area contributed by atoms with E-state index in [0.29, 0.717) is 17.3 Å². The molecule has 2 rings (SSSR count). The normalized spacial score (nSPS) is 17.6. The molecular formula is C14H17ClN4O. The van der Waals surface area contributed by atoms with Gasteiger partial charge < -0.3 is 10.6 Å². The number of nitrogens with zero attached hydrogens (tertiary/aromatic N) is 2. The molecule has 0 aliphatic carbocycles. The average Bonchev–Trinajstić information content (AvgIpc) is 2.97. The quantitative estimate of drug-likeness (QED) is 0.889. The Labute approximate surface area is 123 Å². The van der Waals surface area contributed by atoms with E-state index in [1.54, 1.807) is 23.0 Å². The second-order valence-electron chi connectivity index (χ2n) is 4.72. The van der Waals surface area contributed by atoms with Gasteiger partial charge in [0.2, 0.25) is 0 Å². The maximum atomic E-state index is 12.1. The number of allylic oxidation sites excluding steroid dienone is 2. The second kappa shape index (κ2) is 5.96. The molecule has 1 atom stereocenters. The molecule has 1 aliphatic rings. The highest BCUT2D eigenvalue weighted by molar-refractivity contribution is 6.30. The Bertz CT molecular complexity index is 600. The highest BCUT2D eigenvalue weighted by Gasteiger charge is 2.18. The van der Waals surface area contributed by atoms with Crippen LogP contribution in [0.4, 0.5) is 0 Å². The van der Waals surface area contributed by atoms with Gasteiger partial charge in [0.25, 0.3) is 5.91 Å². The third-order valence-electron chi connectivity index (χ3n) is 2.97. The molecule has 0 saturated carbocycles. The van der Waals surface area contributed by atoms with Gasteiger partial charge in [0.05, 0.1) is 12.2 Å². The van der Waals surface area contributed by atoms with Gasteiger partial charge in [-0.1, -0.05) is 18.2 Å². The summed E-state index contributed by atoms with van der Waals surface area (Å²) in [5, 5.41) is 10.5. The number of hydrogen-bond donors (Lipinski definition) is 2. The first-order valence-electron chi connectivity index (χ1n) is 6.25. The highest BCUT2D eigenvalue weighted by Crippen LogP contribution is 2.15. The molecule has 6 heteroatoms. The molecule has 20 heavy (non-hydrogen) atoms. The van der Waals surface area contributed by atoms with Gasteiger partial charge in [-0.3, -0.25) is 9.48 Å². The lowest BCUT2D eigenvalue weighted by Gasteiger charge is -2.12. The van der Waals surface area contributed by atoms with Crippen LogP contribution in [0, 0.1) is 0 Å². The van der Waals surface area contributed by atoms with E-state index in [1.165, 1.54) is 0 Å². The summed E-state index contributed by atoms with van der Waals surface area (Å²) in [5.41, 5.74) is 2.43. The van der Waals surface area contributed by atoms with Crippen molar-refractivity contribution < 1.29 is 4.79 Å². The fourth-order valence-electron chi connectivity index (χ4n) is 1.95. The summed E-state index contributed by atoms with van der Waals surface area (Å²) in [5.74, 6) is -0.148. The molecule has 2 heterocycles. The van der Waals surface area contributed by atoms with Crippen molar-refractivity contribution in [2.24, 2.45) is 7.05 Å². The summed E-state index contributed by atoms with van der Waals surface area (Å²) in [4.78, 5) is 12.1. The van der Waals surface area contributed by atoms with Crippen molar-refractivity contribution in [3.63, 3.8) is 0 Å². The number of amides is 1. The van der Waals surface area contributed by atoms with E-state index in [0.717, 1.165) is 11.1 Å². The highest BCUT2D eigenvalue weighted by atomic mass is 35.5. The summed E-state index contributed by atoms with van der Waals surface area (Å²) in [6.07, 6.45) is 7.13. The monoisotopic (exact) mass is 292 g/mol. The van der Waals surface area contributed by atoms with Crippen molar-refractivity contribution in [2.45, 2.75) is 13.0 Å². The van der Waals surface area contributed by atoms with Crippen LogP contribution in [0.1, 0.15) is 18.5 Å². The van der Waals surface area contributed by atoms with Crippen molar-refractivity contribution >= 4 is 17.5 Å². The number of carbonyl (C=O) groups excluding carboxylic acids is 1. The van der Waals surface area contributed by atoms with Crippen LogP contribution in [-0.4, -0.2) is 22.2 Å². The first-order chi connectivity index (χ1) is 9.45. The molecule has 0 fully saturated rings. The standard InChI is InChI=1S/C14H17ClN4O/c1-9(15)4-11-5-13(16-6-11)14(20)18-10(2)12-7-17-19(3)8-12/h4-5,7-8,10,16H,1,6H2,2-3H3,(H,18,20)/b11-4-. The lowest BCUT2D eigenvalue weighted by atomic mass is 10.2. The van der Waals surface area contributed by atoms with E-state index in [-0.39, 0.29) is 11.9 Å². The molecular weight excluding hydrogens is 276 g/mol. The molecule has 2 N–H and O–H groups in total. The number of aromatic nitrogens is 2. The number of hydrogen-bond acceptors (Lipinski definition) is 3. The minimum absolute atomic E-state index is 0.102. The maximum absolute atomic E-state index is 12.1. The number of nitrogens with one attached hydrogen (secondary N) is 2. The lowest BCUT2D eigenvalue weighted by Crippen LogP contribution is -2.31. The molecule has 0 bridgehead atoms. The average molecular weight is 293 g/mol.